The predicted octanol–water partition coefficient (Wildman–Crippen LogP) is 2.77. The highest BCUT2D eigenvalue weighted by atomic mass is 16.5. The Kier molecular flexibility index (Phi) is 2.49. The summed E-state index contributed by atoms with van der Waals surface area (Å²) in [6.45, 7) is 0. The fourth-order valence-electron chi connectivity index (χ4n) is 3.82. The molecule has 0 amide bonds. The van der Waals surface area contributed by atoms with Gasteiger partial charge in [-0.3, -0.25) is 0 Å². The van der Waals surface area contributed by atoms with Gasteiger partial charge in [-0.15, -0.1) is 0 Å². The summed E-state index contributed by atoms with van der Waals surface area (Å²) >= 11 is 0. The molecule has 3 unspecified atom stereocenters. The summed E-state index contributed by atoms with van der Waals surface area (Å²) in [5.41, 5.74) is 4.21. The number of ether oxygens (including phenoxy) is 1. The molecule has 0 spiro atoms. The highest BCUT2D eigenvalue weighted by molar-refractivity contribution is 5.48. The van der Waals surface area contributed by atoms with Crippen LogP contribution in [0.3, 0.4) is 0 Å². The molecule has 2 aliphatic carbocycles. The van der Waals surface area contributed by atoms with E-state index < -0.39 is 0 Å². The van der Waals surface area contributed by atoms with Crippen molar-refractivity contribution in [2.45, 2.75) is 24.7 Å². The SMILES string of the molecule is COc1ccc2c(c1)C1C(CC2)C1c1cc[n+]([O-])cc1. The van der Waals surface area contributed by atoms with Crippen molar-refractivity contribution in [2.75, 3.05) is 7.11 Å². The van der Waals surface area contributed by atoms with E-state index in [0.29, 0.717) is 11.8 Å². The van der Waals surface area contributed by atoms with E-state index in [1.807, 2.05) is 12.1 Å². The molecular weight excluding hydrogens is 250 g/mol. The van der Waals surface area contributed by atoms with Gasteiger partial charge in [-0.2, -0.15) is 4.73 Å². The summed E-state index contributed by atoms with van der Waals surface area (Å²) in [4.78, 5) is 0. The van der Waals surface area contributed by atoms with Gasteiger partial charge in [0.1, 0.15) is 5.75 Å². The number of aromatic nitrogens is 1. The fraction of sp³-hybridized carbons (Fsp3) is 0.353. The summed E-state index contributed by atoms with van der Waals surface area (Å²) in [6.07, 6.45) is 5.62. The predicted molar refractivity (Wildman–Crippen MR) is 75.7 cm³/mol. The van der Waals surface area contributed by atoms with Crippen LogP contribution in [0, 0.1) is 11.1 Å². The summed E-state index contributed by atoms with van der Waals surface area (Å²) in [5.74, 6) is 2.86. The number of rotatable bonds is 2. The van der Waals surface area contributed by atoms with E-state index in [0.717, 1.165) is 22.8 Å². The topological polar surface area (TPSA) is 36.2 Å². The summed E-state index contributed by atoms with van der Waals surface area (Å²) < 4.78 is 6.21. The maximum absolute atomic E-state index is 11.2. The molecule has 4 rings (SSSR count). The van der Waals surface area contributed by atoms with Crippen LogP contribution in [0.1, 0.15) is 34.9 Å². The number of aryl methyl sites for hydroxylation is 1. The van der Waals surface area contributed by atoms with E-state index >= 15 is 0 Å². The molecule has 3 heteroatoms. The molecule has 1 fully saturated rings. The third kappa shape index (κ3) is 1.69. The van der Waals surface area contributed by atoms with Gasteiger partial charge in [-0.05, 0) is 59.4 Å². The minimum absolute atomic E-state index is 0.574. The molecule has 0 saturated heterocycles. The Morgan fingerprint density at radius 2 is 1.95 bits per heavy atom. The highest BCUT2D eigenvalue weighted by Crippen LogP contribution is 2.65. The molecule has 20 heavy (non-hydrogen) atoms. The average molecular weight is 267 g/mol. The number of nitrogens with zero attached hydrogens (tertiary/aromatic N) is 1. The normalized spacial score (nSPS) is 26.6. The van der Waals surface area contributed by atoms with Gasteiger partial charge in [0, 0.05) is 12.1 Å². The molecule has 1 heterocycles. The molecule has 3 nitrogen and oxygen atoms in total. The zero-order valence-corrected chi connectivity index (χ0v) is 11.5. The van der Waals surface area contributed by atoms with E-state index in [1.54, 1.807) is 19.5 Å². The maximum Gasteiger partial charge on any atom is 0.180 e. The second-order valence-corrected chi connectivity index (χ2v) is 5.81. The largest absolute Gasteiger partial charge is 0.619 e. The third-order valence-corrected chi connectivity index (χ3v) is 4.84. The van der Waals surface area contributed by atoms with Crippen molar-refractivity contribution < 1.29 is 9.47 Å². The van der Waals surface area contributed by atoms with E-state index in [1.165, 1.54) is 23.1 Å². The second-order valence-electron chi connectivity index (χ2n) is 5.81. The van der Waals surface area contributed by atoms with E-state index in [9.17, 15) is 5.21 Å². The minimum Gasteiger partial charge on any atom is -0.619 e. The maximum atomic E-state index is 11.2. The van der Waals surface area contributed by atoms with Crippen LogP contribution in [0.25, 0.3) is 0 Å². The Balaban J connectivity index is 1.69. The lowest BCUT2D eigenvalue weighted by Crippen LogP contribution is -2.23. The first-order valence-corrected chi connectivity index (χ1v) is 7.13. The number of hydrogen-bond donors (Lipinski definition) is 0. The summed E-state index contributed by atoms with van der Waals surface area (Å²) in [6, 6.07) is 10.4. The number of methoxy groups -OCH3 is 1. The Labute approximate surface area is 118 Å². The average Bonchev–Trinajstić information content (AvgIpc) is 3.22. The molecule has 1 saturated carbocycles. The molecule has 2 aliphatic rings. The number of fused-ring (bicyclic) bond motifs is 3. The lowest BCUT2D eigenvalue weighted by molar-refractivity contribution is -0.605. The van der Waals surface area contributed by atoms with E-state index in [2.05, 4.69) is 18.2 Å². The number of hydrogen-bond acceptors (Lipinski definition) is 2. The van der Waals surface area contributed by atoms with Gasteiger partial charge >= 0.3 is 0 Å². The molecule has 102 valence electrons. The van der Waals surface area contributed by atoms with Gasteiger partial charge in [0.25, 0.3) is 0 Å². The van der Waals surface area contributed by atoms with E-state index in [4.69, 9.17) is 4.74 Å². The number of pyridine rings is 1. The van der Waals surface area contributed by atoms with Crippen molar-refractivity contribution in [3.63, 3.8) is 0 Å². The van der Waals surface area contributed by atoms with Crippen LogP contribution in [0.15, 0.2) is 42.7 Å². The molecule has 0 aliphatic heterocycles. The molecule has 3 atom stereocenters. The summed E-state index contributed by atoms with van der Waals surface area (Å²) in [7, 11) is 1.72. The standard InChI is InChI=1S/C17H17NO2/c1-20-13-4-2-11-3-5-14-16(17(14)15(11)10-13)12-6-8-18(19)9-7-12/h2,4,6-10,14,16-17H,3,5H2,1H3. The van der Waals surface area contributed by atoms with Gasteiger partial charge in [0.15, 0.2) is 12.4 Å². The van der Waals surface area contributed by atoms with Crippen LogP contribution in [0.4, 0.5) is 0 Å². The van der Waals surface area contributed by atoms with Crippen LogP contribution in [0.2, 0.25) is 0 Å². The van der Waals surface area contributed by atoms with Crippen LogP contribution >= 0.6 is 0 Å². The molecule has 0 N–H and O–H groups in total. The summed E-state index contributed by atoms with van der Waals surface area (Å²) in [5, 5.41) is 11.2. The van der Waals surface area contributed by atoms with Crippen LogP contribution in [-0.4, -0.2) is 7.11 Å². The molecule has 0 bridgehead atoms. The van der Waals surface area contributed by atoms with Crippen molar-refractivity contribution in [1.29, 1.82) is 0 Å². The lowest BCUT2D eigenvalue weighted by atomic mass is 9.91. The van der Waals surface area contributed by atoms with Crippen molar-refractivity contribution in [2.24, 2.45) is 5.92 Å². The van der Waals surface area contributed by atoms with Gasteiger partial charge in [-0.25, -0.2) is 0 Å². The second kappa shape index (κ2) is 4.23. The van der Waals surface area contributed by atoms with Crippen LogP contribution in [-0.2, 0) is 6.42 Å². The third-order valence-electron chi connectivity index (χ3n) is 4.84. The Bertz CT molecular complexity index is 651. The fourth-order valence-corrected chi connectivity index (χ4v) is 3.82. The van der Waals surface area contributed by atoms with Crippen LogP contribution in [0.5, 0.6) is 5.75 Å². The first-order chi connectivity index (χ1) is 9.78. The number of benzene rings is 1. The smallest absolute Gasteiger partial charge is 0.180 e. The minimum atomic E-state index is 0.574. The molecular formula is C17H17NO2. The van der Waals surface area contributed by atoms with Gasteiger partial charge in [0.2, 0.25) is 0 Å². The Morgan fingerprint density at radius 1 is 1.15 bits per heavy atom. The van der Waals surface area contributed by atoms with Crippen molar-refractivity contribution in [3.05, 3.63) is 64.6 Å². The Morgan fingerprint density at radius 3 is 2.70 bits per heavy atom. The monoisotopic (exact) mass is 267 g/mol. The Hall–Kier alpha value is -2.03. The first-order valence-electron chi connectivity index (χ1n) is 7.13. The molecule has 0 radical (unpaired) electrons. The van der Waals surface area contributed by atoms with Crippen molar-refractivity contribution in [1.82, 2.24) is 0 Å². The quantitative estimate of drug-likeness (QED) is 0.619. The van der Waals surface area contributed by atoms with Gasteiger partial charge < -0.3 is 9.94 Å². The molecule has 1 aromatic heterocycles. The van der Waals surface area contributed by atoms with Gasteiger partial charge in [0.05, 0.1) is 7.11 Å². The molecule has 1 aromatic carbocycles. The molecule has 2 aromatic rings. The zero-order valence-electron chi connectivity index (χ0n) is 11.5. The first kappa shape index (κ1) is 11.8. The van der Waals surface area contributed by atoms with Crippen molar-refractivity contribution in [3.8, 4) is 5.75 Å². The van der Waals surface area contributed by atoms with Crippen molar-refractivity contribution >= 4 is 0 Å². The van der Waals surface area contributed by atoms with Crippen LogP contribution < -0.4 is 9.47 Å². The van der Waals surface area contributed by atoms with Gasteiger partial charge in [-0.1, -0.05) is 6.07 Å². The lowest BCUT2D eigenvalue weighted by Gasteiger charge is -2.15. The highest BCUT2D eigenvalue weighted by Gasteiger charge is 2.53. The zero-order chi connectivity index (χ0) is 13.7. The van der Waals surface area contributed by atoms with E-state index in [-0.39, 0.29) is 0 Å².